The maximum Gasteiger partial charge on any atom is 0.273 e. The van der Waals surface area contributed by atoms with Gasteiger partial charge in [0.25, 0.3) is 5.24 Å². The van der Waals surface area contributed by atoms with Gasteiger partial charge in [-0.3, -0.25) is 4.79 Å². The van der Waals surface area contributed by atoms with Crippen molar-refractivity contribution in [2.75, 3.05) is 0 Å². The van der Waals surface area contributed by atoms with E-state index < -0.39 is 5.24 Å². The molecule has 1 amide bonds. The van der Waals surface area contributed by atoms with Gasteiger partial charge in [0.15, 0.2) is 0 Å². The predicted octanol–water partition coefficient (Wildman–Crippen LogP) is 0.833. The molecule has 0 fully saturated rings. The van der Waals surface area contributed by atoms with Crippen molar-refractivity contribution in [3.8, 4) is 0 Å². The summed E-state index contributed by atoms with van der Waals surface area (Å²) in [5.41, 5.74) is 4.34. The molecule has 0 unspecified atom stereocenters. The molecule has 0 atom stereocenters. The second kappa shape index (κ2) is 16.2. The molecule has 0 saturated carbocycles. The number of amides is 1. The van der Waals surface area contributed by atoms with Crippen LogP contribution in [-0.2, 0) is 17.1 Å². The van der Waals surface area contributed by atoms with Crippen molar-refractivity contribution in [2.45, 2.75) is 6.92 Å². The van der Waals surface area contributed by atoms with Gasteiger partial charge in [0, 0.05) is 17.1 Å². The Morgan fingerprint density at radius 1 is 1.71 bits per heavy atom. The Kier molecular flexibility index (Phi) is 36.3. The first kappa shape index (κ1) is 15.7. The third-order valence-corrected chi connectivity index (χ3v) is 0. The number of primary amides is 1. The fourth-order valence-electron chi connectivity index (χ4n) is 0. The van der Waals surface area contributed by atoms with Gasteiger partial charge in [0.05, 0.1) is 0 Å². The van der Waals surface area contributed by atoms with Gasteiger partial charge in [-0.25, -0.2) is 0 Å². The Bertz CT molecular complexity index is 37.9. The van der Waals surface area contributed by atoms with Gasteiger partial charge in [0.2, 0.25) is 0 Å². The molecule has 0 bridgehead atoms. The first-order valence-electron chi connectivity index (χ1n) is 1.42. The molecule has 0 aromatic rings. The first-order chi connectivity index (χ1) is 2.73. The zero-order valence-electron chi connectivity index (χ0n) is 4.02. The van der Waals surface area contributed by atoms with Crippen LogP contribution in [0, 0.1) is 6.92 Å². The van der Waals surface area contributed by atoms with Crippen LogP contribution in [0.25, 0.3) is 0 Å². The molecule has 7 heavy (non-hydrogen) atoms. The minimum Gasteiger partial charge on any atom is -0.361 e. The minimum atomic E-state index is -0.639. The zero-order chi connectivity index (χ0) is 5.58. The summed E-state index contributed by atoms with van der Waals surface area (Å²) in [4.78, 5) is 9.09. The van der Waals surface area contributed by atoms with Crippen molar-refractivity contribution in [3.05, 3.63) is 6.92 Å². The van der Waals surface area contributed by atoms with Crippen LogP contribution in [0.2, 0.25) is 0 Å². The standard InChI is InChI=1S/C2H5.CH3NOS.Mn/c1-2;2-1(3)4;/h1H2,2H3;(H3,2,3,4);/q-1;;. The van der Waals surface area contributed by atoms with E-state index in [1.54, 1.807) is 6.92 Å². The second-order valence-electron chi connectivity index (χ2n) is 0.338. The van der Waals surface area contributed by atoms with Crippen molar-refractivity contribution >= 4 is 17.9 Å². The van der Waals surface area contributed by atoms with Crippen LogP contribution < -0.4 is 5.73 Å². The molecule has 2 nitrogen and oxygen atoms in total. The monoisotopic (exact) mass is 161 g/mol. The number of nitrogens with two attached hydrogens (primary N) is 1. The molecule has 4 heteroatoms. The molecular weight excluding hydrogens is 153 g/mol. The Hall–Kier alpha value is 0.339. The molecule has 2 N–H and O–H groups in total. The van der Waals surface area contributed by atoms with Gasteiger partial charge >= 0.3 is 0 Å². The van der Waals surface area contributed by atoms with Gasteiger partial charge in [-0.2, -0.15) is 6.92 Å². The quantitative estimate of drug-likeness (QED) is 0.308. The van der Waals surface area contributed by atoms with Crippen molar-refractivity contribution in [1.82, 2.24) is 0 Å². The number of carbonyl (C=O) groups is 1. The largest absolute Gasteiger partial charge is 0.361 e. The average Bonchev–Trinajstić information content (AvgIpc) is 1.41. The molecular formula is C3H8MnNOS-. The smallest absolute Gasteiger partial charge is 0.273 e. The third kappa shape index (κ3) is 1040. The molecule has 0 spiro atoms. The van der Waals surface area contributed by atoms with Crippen molar-refractivity contribution in [1.29, 1.82) is 0 Å². The van der Waals surface area contributed by atoms with Gasteiger partial charge in [-0.1, -0.05) is 12.6 Å². The Morgan fingerprint density at radius 3 is 1.71 bits per heavy atom. The van der Waals surface area contributed by atoms with E-state index in [1.807, 2.05) is 0 Å². The van der Waals surface area contributed by atoms with Crippen LogP contribution in [0.5, 0.6) is 0 Å². The molecule has 0 aliphatic carbocycles. The van der Waals surface area contributed by atoms with E-state index in [-0.39, 0.29) is 17.1 Å². The van der Waals surface area contributed by atoms with Gasteiger partial charge < -0.3 is 12.7 Å². The fourth-order valence-corrected chi connectivity index (χ4v) is 0. The van der Waals surface area contributed by atoms with E-state index in [4.69, 9.17) is 4.79 Å². The molecule has 1 radical (unpaired) electrons. The Morgan fingerprint density at radius 2 is 1.71 bits per heavy atom. The summed E-state index contributed by atoms with van der Waals surface area (Å²) in [5.74, 6) is 0. The van der Waals surface area contributed by atoms with Crippen LogP contribution in [0.15, 0.2) is 0 Å². The van der Waals surface area contributed by atoms with Crippen LogP contribution in [-0.4, -0.2) is 5.24 Å². The van der Waals surface area contributed by atoms with Crippen molar-refractivity contribution < 1.29 is 21.9 Å². The van der Waals surface area contributed by atoms with E-state index in [0.29, 0.717) is 0 Å². The van der Waals surface area contributed by atoms with Crippen LogP contribution in [0.1, 0.15) is 6.92 Å². The van der Waals surface area contributed by atoms with E-state index in [2.05, 4.69) is 25.3 Å². The number of hydrogen-bond donors (Lipinski definition) is 2. The molecule has 0 aromatic heterocycles. The molecule has 0 aromatic carbocycles. The van der Waals surface area contributed by atoms with E-state index in [1.165, 1.54) is 0 Å². The summed E-state index contributed by atoms with van der Waals surface area (Å²) in [5, 5.41) is -0.639. The maximum absolute atomic E-state index is 9.09. The molecule has 0 heterocycles. The van der Waals surface area contributed by atoms with Crippen LogP contribution in [0.3, 0.4) is 0 Å². The molecule has 0 aliphatic rings. The first-order valence-corrected chi connectivity index (χ1v) is 1.87. The Balaban J connectivity index is -0.0000000480. The van der Waals surface area contributed by atoms with Crippen molar-refractivity contribution in [2.24, 2.45) is 5.73 Å². The number of rotatable bonds is 0. The molecule has 0 aliphatic heterocycles. The SMILES string of the molecule is NC(=O)S.[CH2-]C.[Mn]. The molecule has 0 saturated heterocycles. The molecule has 0 rings (SSSR count). The average molecular weight is 161 g/mol. The van der Waals surface area contributed by atoms with Crippen LogP contribution >= 0.6 is 12.6 Å². The second-order valence-corrected chi connectivity index (χ2v) is 0.779. The summed E-state index contributed by atoms with van der Waals surface area (Å²) >= 11 is 3.10. The summed E-state index contributed by atoms with van der Waals surface area (Å²) in [6.07, 6.45) is 0. The zero-order valence-corrected chi connectivity index (χ0v) is 6.09. The summed E-state index contributed by atoms with van der Waals surface area (Å²) in [6, 6.07) is 0. The summed E-state index contributed by atoms with van der Waals surface area (Å²) < 4.78 is 0. The summed E-state index contributed by atoms with van der Waals surface area (Å²) in [6.45, 7) is 5.00. The normalized spacial score (nSPS) is 4.43. The van der Waals surface area contributed by atoms with E-state index in [9.17, 15) is 0 Å². The van der Waals surface area contributed by atoms with Gasteiger partial charge in [-0.15, -0.1) is 0 Å². The Labute approximate surface area is 59.7 Å². The topological polar surface area (TPSA) is 43.1 Å². The van der Waals surface area contributed by atoms with E-state index in [0.717, 1.165) is 0 Å². The van der Waals surface area contributed by atoms with Crippen molar-refractivity contribution in [3.63, 3.8) is 0 Å². The number of thiol groups is 1. The number of carbonyl (C=O) groups excluding carboxylic acids is 1. The van der Waals surface area contributed by atoms with E-state index >= 15 is 0 Å². The predicted molar refractivity (Wildman–Crippen MR) is 29.6 cm³/mol. The van der Waals surface area contributed by atoms with Crippen LogP contribution in [0.4, 0.5) is 4.79 Å². The third-order valence-electron chi connectivity index (χ3n) is 0. The summed E-state index contributed by atoms with van der Waals surface area (Å²) in [7, 11) is 0. The molecule has 45 valence electrons. The van der Waals surface area contributed by atoms with Gasteiger partial charge in [0.1, 0.15) is 0 Å². The minimum absolute atomic E-state index is 0. The fraction of sp³-hybridized carbons (Fsp3) is 0.333. The number of hydrogen-bond acceptors (Lipinski definition) is 1. The van der Waals surface area contributed by atoms with Gasteiger partial charge in [-0.05, 0) is 0 Å². The maximum atomic E-state index is 9.09.